The van der Waals surface area contributed by atoms with Crippen molar-refractivity contribution in [2.75, 3.05) is 85.8 Å². The molecule has 0 saturated carbocycles. The van der Waals surface area contributed by atoms with Gasteiger partial charge in [0.15, 0.2) is 0 Å². The van der Waals surface area contributed by atoms with Crippen molar-refractivity contribution in [3.8, 4) is 0 Å². The first-order chi connectivity index (χ1) is 11.3. The number of rotatable bonds is 8. The summed E-state index contributed by atoms with van der Waals surface area (Å²) in [6, 6.07) is 0.0361. The number of urea groups is 1. The molecule has 0 spiro atoms. The standard InChI is InChI=1S/C16H32N4O3/c1-18(5-3-7-20-10-14-23-15-11-20)16(21)17-4-2-6-19-8-12-22-13-9-19/h2-15H2,1H3,(H,17,21). The highest BCUT2D eigenvalue weighted by atomic mass is 16.5. The first kappa shape index (κ1) is 18.4. The second-order valence-electron chi connectivity index (χ2n) is 6.27. The third-order valence-corrected chi connectivity index (χ3v) is 4.45. The maximum Gasteiger partial charge on any atom is 0.317 e. The molecule has 2 heterocycles. The van der Waals surface area contributed by atoms with Crippen molar-refractivity contribution in [3.63, 3.8) is 0 Å². The van der Waals surface area contributed by atoms with E-state index in [2.05, 4.69) is 15.1 Å². The van der Waals surface area contributed by atoms with Crippen LogP contribution in [0.25, 0.3) is 0 Å². The van der Waals surface area contributed by atoms with E-state index in [4.69, 9.17) is 9.47 Å². The molecule has 0 aromatic carbocycles. The van der Waals surface area contributed by atoms with Crippen LogP contribution in [-0.4, -0.2) is 107 Å². The Kier molecular flexibility index (Phi) is 8.67. The average molecular weight is 328 g/mol. The second kappa shape index (κ2) is 10.8. The van der Waals surface area contributed by atoms with E-state index in [-0.39, 0.29) is 6.03 Å². The van der Waals surface area contributed by atoms with Crippen molar-refractivity contribution in [1.29, 1.82) is 0 Å². The number of amides is 2. The molecule has 2 rings (SSSR count). The van der Waals surface area contributed by atoms with E-state index in [0.29, 0.717) is 0 Å². The minimum absolute atomic E-state index is 0.0361. The Hall–Kier alpha value is -0.890. The van der Waals surface area contributed by atoms with Gasteiger partial charge in [-0.3, -0.25) is 9.80 Å². The first-order valence-corrected chi connectivity index (χ1v) is 8.85. The van der Waals surface area contributed by atoms with E-state index < -0.39 is 0 Å². The smallest absolute Gasteiger partial charge is 0.317 e. The van der Waals surface area contributed by atoms with Crippen molar-refractivity contribution >= 4 is 6.03 Å². The van der Waals surface area contributed by atoms with E-state index in [9.17, 15) is 4.79 Å². The largest absolute Gasteiger partial charge is 0.379 e. The van der Waals surface area contributed by atoms with Gasteiger partial charge in [-0.05, 0) is 19.4 Å². The van der Waals surface area contributed by atoms with Gasteiger partial charge in [0, 0.05) is 52.9 Å². The Morgan fingerprint density at radius 3 is 2.04 bits per heavy atom. The van der Waals surface area contributed by atoms with Gasteiger partial charge in [-0.25, -0.2) is 4.79 Å². The van der Waals surface area contributed by atoms with Gasteiger partial charge in [-0.1, -0.05) is 0 Å². The van der Waals surface area contributed by atoms with Gasteiger partial charge in [-0.15, -0.1) is 0 Å². The number of carbonyl (C=O) groups is 1. The quantitative estimate of drug-likeness (QED) is 0.639. The second-order valence-corrected chi connectivity index (χ2v) is 6.27. The SMILES string of the molecule is CN(CCCN1CCOCC1)C(=O)NCCCN1CCOCC1. The summed E-state index contributed by atoms with van der Waals surface area (Å²) in [6.07, 6.45) is 2.01. The van der Waals surface area contributed by atoms with E-state index in [1.54, 1.807) is 4.90 Å². The molecule has 0 aromatic heterocycles. The lowest BCUT2D eigenvalue weighted by Gasteiger charge is -2.27. The zero-order valence-electron chi connectivity index (χ0n) is 14.5. The fraction of sp³-hybridized carbons (Fsp3) is 0.938. The van der Waals surface area contributed by atoms with Gasteiger partial charge in [0.25, 0.3) is 0 Å². The third kappa shape index (κ3) is 7.48. The lowest BCUT2D eigenvalue weighted by Crippen LogP contribution is -2.42. The molecule has 2 amide bonds. The maximum absolute atomic E-state index is 12.0. The summed E-state index contributed by atoms with van der Waals surface area (Å²) in [5, 5.41) is 3.01. The van der Waals surface area contributed by atoms with Crippen molar-refractivity contribution in [2.24, 2.45) is 0 Å². The van der Waals surface area contributed by atoms with Crippen LogP contribution >= 0.6 is 0 Å². The predicted octanol–water partition coefficient (Wildman–Crippen LogP) is 0.0724. The highest BCUT2D eigenvalue weighted by molar-refractivity contribution is 5.73. The van der Waals surface area contributed by atoms with Crippen molar-refractivity contribution in [3.05, 3.63) is 0 Å². The molecule has 7 nitrogen and oxygen atoms in total. The summed E-state index contributed by atoms with van der Waals surface area (Å²) < 4.78 is 10.7. The monoisotopic (exact) mass is 328 g/mol. The van der Waals surface area contributed by atoms with E-state index in [1.165, 1.54) is 0 Å². The number of hydrogen-bond acceptors (Lipinski definition) is 5. The molecular weight excluding hydrogens is 296 g/mol. The molecule has 0 bridgehead atoms. The average Bonchev–Trinajstić information content (AvgIpc) is 2.60. The lowest BCUT2D eigenvalue weighted by molar-refractivity contribution is 0.0366. The summed E-state index contributed by atoms with van der Waals surface area (Å²) in [6.45, 7) is 11.0. The zero-order valence-corrected chi connectivity index (χ0v) is 14.5. The molecule has 0 aromatic rings. The molecule has 0 aliphatic carbocycles. The Balaban J connectivity index is 1.47. The highest BCUT2D eigenvalue weighted by Gasteiger charge is 2.12. The van der Waals surface area contributed by atoms with Crippen molar-refractivity contribution in [1.82, 2.24) is 20.0 Å². The molecule has 23 heavy (non-hydrogen) atoms. The molecule has 134 valence electrons. The highest BCUT2D eigenvalue weighted by Crippen LogP contribution is 2.00. The van der Waals surface area contributed by atoms with Crippen LogP contribution in [0.1, 0.15) is 12.8 Å². The first-order valence-electron chi connectivity index (χ1n) is 8.85. The Morgan fingerprint density at radius 2 is 1.48 bits per heavy atom. The predicted molar refractivity (Wildman–Crippen MR) is 89.8 cm³/mol. The molecule has 2 saturated heterocycles. The van der Waals surface area contributed by atoms with Crippen LogP contribution in [0.3, 0.4) is 0 Å². The number of hydrogen-bond donors (Lipinski definition) is 1. The van der Waals surface area contributed by atoms with Crippen LogP contribution in [0, 0.1) is 0 Å². The fourth-order valence-corrected chi connectivity index (χ4v) is 2.92. The van der Waals surface area contributed by atoms with Crippen LogP contribution in [0.4, 0.5) is 4.79 Å². The minimum atomic E-state index is 0.0361. The molecule has 2 fully saturated rings. The minimum Gasteiger partial charge on any atom is -0.379 e. The van der Waals surface area contributed by atoms with Gasteiger partial charge in [0.1, 0.15) is 0 Å². The van der Waals surface area contributed by atoms with Gasteiger partial charge >= 0.3 is 6.03 Å². The zero-order chi connectivity index (χ0) is 16.3. The Labute approximate surface area is 139 Å². The van der Waals surface area contributed by atoms with Crippen LogP contribution in [0.5, 0.6) is 0 Å². The maximum atomic E-state index is 12.0. The lowest BCUT2D eigenvalue weighted by atomic mass is 10.3. The number of ether oxygens (including phenoxy) is 2. The fourth-order valence-electron chi connectivity index (χ4n) is 2.92. The van der Waals surface area contributed by atoms with Gasteiger partial charge in [0.2, 0.25) is 0 Å². The molecular formula is C16H32N4O3. The third-order valence-electron chi connectivity index (χ3n) is 4.45. The molecule has 1 N–H and O–H groups in total. The summed E-state index contributed by atoms with van der Waals surface area (Å²) in [5.41, 5.74) is 0. The molecule has 7 heteroatoms. The van der Waals surface area contributed by atoms with Crippen molar-refractivity contribution in [2.45, 2.75) is 12.8 Å². The van der Waals surface area contributed by atoms with E-state index in [0.717, 1.165) is 91.6 Å². The van der Waals surface area contributed by atoms with Gasteiger partial charge < -0.3 is 19.7 Å². The summed E-state index contributed by atoms with van der Waals surface area (Å²) in [7, 11) is 1.87. The van der Waals surface area contributed by atoms with Crippen LogP contribution in [-0.2, 0) is 9.47 Å². The number of carbonyl (C=O) groups excluding carboxylic acids is 1. The summed E-state index contributed by atoms with van der Waals surface area (Å²) in [4.78, 5) is 18.6. The van der Waals surface area contributed by atoms with Gasteiger partial charge in [-0.2, -0.15) is 0 Å². The van der Waals surface area contributed by atoms with Crippen molar-refractivity contribution < 1.29 is 14.3 Å². The van der Waals surface area contributed by atoms with E-state index >= 15 is 0 Å². The Morgan fingerprint density at radius 1 is 0.957 bits per heavy atom. The number of nitrogens with zero attached hydrogens (tertiary/aromatic N) is 3. The molecule has 0 radical (unpaired) electrons. The molecule has 2 aliphatic heterocycles. The van der Waals surface area contributed by atoms with Crippen LogP contribution < -0.4 is 5.32 Å². The summed E-state index contributed by atoms with van der Waals surface area (Å²) >= 11 is 0. The number of morpholine rings is 2. The normalized spacial score (nSPS) is 20.4. The van der Waals surface area contributed by atoms with Crippen LogP contribution in [0.2, 0.25) is 0 Å². The van der Waals surface area contributed by atoms with Gasteiger partial charge in [0.05, 0.1) is 26.4 Å². The Bertz CT molecular complexity index is 331. The van der Waals surface area contributed by atoms with E-state index in [1.807, 2.05) is 7.05 Å². The summed E-state index contributed by atoms with van der Waals surface area (Å²) in [5.74, 6) is 0. The van der Waals surface area contributed by atoms with Crippen LogP contribution in [0.15, 0.2) is 0 Å². The molecule has 0 atom stereocenters. The topological polar surface area (TPSA) is 57.3 Å². The molecule has 2 aliphatic rings. The molecule has 0 unspecified atom stereocenters. The number of nitrogens with one attached hydrogen (secondary N) is 1.